The van der Waals surface area contributed by atoms with Crippen LogP contribution in [0.25, 0.3) is 10.6 Å². The maximum Gasteiger partial charge on any atom is 0.123 e. The summed E-state index contributed by atoms with van der Waals surface area (Å²) in [4.78, 5) is 9.42. The van der Waals surface area contributed by atoms with Gasteiger partial charge in [-0.25, -0.2) is 4.98 Å². The van der Waals surface area contributed by atoms with Crippen LogP contribution in [0.2, 0.25) is 0 Å². The number of thiazole rings is 1. The Balaban J connectivity index is 1.63. The summed E-state index contributed by atoms with van der Waals surface area (Å²) in [6.45, 7) is 4.57. The molecule has 130 valence electrons. The van der Waals surface area contributed by atoms with Crippen LogP contribution in [0.3, 0.4) is 0 Å². The van der Waals surface area contributed by atoms with Gasteiger partial charge in [-0.05, 0) is 26.2 Å². The first-order valence-corrected chi connectivity index (χ1v) is 9.09. The van der Waals surface area contributed by atoms with E-state index < -0.39 is 0 Å². The van der Waals surface area contributed by atoms with E-state index in [-0.39, 0.29) is 6.10 Å². The van der Waals surface area contributed by atoms with Crippen LogP contribution in [0.4, 0.5) is 0 Å². The number of rotatable bonds is 6. The maximum absolute atomic E-state index is 5.84. The predicted octanol–water partition coefficient (Wildman–Crippen LogP) is 2.58. The lowest BCUT2D eigenvalue weighted by molar-refractivity contribution is -0.0409. The van der Waals surface area contributed by atoms with E-state index in [1.165, 1.54) is 0 Å². The fraction of sp³-hybridized carbons (Fsp3) is 0.500. The SMILES string of the molecule is COc1cccc(-c2nc(CN3CCO[C@H](CN(C)C)C3)cs2)c1. The molecule has 1 fully saturated rings. The Morgan fingerprint density at radius 3 is 3.08 bits per heavy atom. The number of nitrogens with zero attached hydrogens (tertiary/aromatic N) is 3. The third-order valence-corrected chi connectivity index (χ3v) is 4.99. The fourth-order valence-electron chi connectivity index (χ4n) is 2.94. The Bertz CT molecular complexity index is 659. The van der Waals surface area contributed by atoms with Gasteiger partial charge in [-0.2, -0.15) is 0 Å². The lowest BCUT2D eigenvalue weighted by Crippen LogP contribution is -2.46. The van der Waals surface area contributed by atoms with E-state index in [1.807, 2.05) is 18.2 Å². The highest BCUT2D eigenvalue weighted by molar-refractivity contribution is 7.13. The van der Waals surface area contributed by atoms with Gasteiger partial charge in [-0.3, -0.25) is 4.90 Å². The quantitative estimate of drug-likeness (QED) is 0.803. The van der Waals surface area contributed by atoms with Crippen molar-refractivity contribution in [3.63, 3.8) is 0 Å². The van der Waals surface area contributed by atoms with E-state index >= 15 is 0 Å². The normalized spacial score (nSPS) is 18.9. The summed E-state index contributed by atoms with van der Waals surface area (Å²) in [5, 5.41) is 3.20. The first-order chi connectivity index (χ1) is 11.6. The molecule has 0 amide bonds. The van der Waals surface area contributed by atoms with E-state index in [2.05, 4.69) is 35.3 Å². The van der Waals surface area contributed by atoms with Crippen molar-refractivity contribution < 1.29 is 9.47 Å². The summed E-state index contributed by atoms with van der Waals surface area (Å²) < 4.78 is 11.1. The van der Waals surface area contributed by atoms with Gasteiger partial charge < -0.3 is 14.4 Å². The van der Waals surface area contributed by atoms with Crippen molar-refractivity contribution in [3.8, 4) is 16.3 Å². The highest BCUT2D eigenvalue weighted by atomic mass is 32.1. The predicted molar refractivity (Wildman–Crippen MR) is 97.7 cm³/mol. The summed E-state index contributed by atoms with van der Waals surface area (Å²) in [6, 6.07) is 8.07. The van der Waals surface area contributed by atoms with E-state index in [4.69, 9.17) is 14.5 Å². The molecule has 5 nitrogen and oxygen atoms in total. The highest BCUT2D eigenvalue weighted by Gasteiger charge is 2.21. The van der Waals surface area contributed by atoms with Crippen molar-refractivity contribution in [1.29, 1.82) is 0 Å². The molecule has 1 aromatic heterocycles. The molecule has 1 saturated heterocycles. The lowest BCUT2D eigenvalue weighted by atomic mass is 10.2. The molecule has 0 saturated carbocycles. The molecule has 3 rings (SSSR count). The van der Waals surface area contributed by atoms with Crippen LogP contribution in [-0.4, -0.2) is 68.3 Å². The number of morpholine rings is 1. The smallest absolute Gasteiger partial charge is 0.123 e. The molecule has 24 heavy (non-hydrogen) atoms. The van der Waals surface area contributed by atoms with Gasteiger partial charge >= 0.3 is 0 Å². The number of hydrogen-bond acceptors (Lipinski definition) is 6. The zero-order valence-corrected chi connectivity index (χ0v) is 15.4. The monoisotopic (exact) mass is 347 g/mol. The van der Waals surface area contributed by atoms with Crippen LogP contribution in [0.1, 0.15) is 5.69 Å². The maximum atomic E-state index is 5.84. The number of likely N-dealkylation sites (N-methyl/N-ethyl adjacent to an activating group) is 1. The molecule has 0 bridgehead atoms. The van der Waals surface area contributed by atoms with Gasteiger partial charge in [0.2, 0.25) is 0 Å². The van der Waals surface area contributed by atoms with E-state index in [0.717, 1.165) is 54.8 Å². The molecule has 1 aromatic carbocycles. The molecule has 2 heterocycles. The van der Waals surface area contributed by atoms with Gasteiger partial charge in [0.15, 0.2) is 0 Å². The summed E-state index contributed by atoms with van der Waals surface area (Å²) in [6.07, 6.45) is 0.283. The van der Waals surface area contributed by atoms with Crippen molar-refractivity contribution in [2.45, 2.75) is 12.6 Å². The summed E-state index contributed by atoms with van der Waals surface area (Å²) >= 11 is 1.69. The molecule has 0 unspecified atom stereocenters. The van der Waals surface area contributed by atoms with Crippen molar-refractivity contribution >= 4 is 11.3 Å². The molecule has 0 spiro atoms. The Morgan fingerprint density at radius 1 is 1.42 bits per heavy atom. The minimum absolute atomic E-state index is 0.283. The molecule has 1 aliphatic rings. The summed E-state index contributed by atoms with van der Waals surface area (Å²) in [7, 11) is 5.86. The average Bonchev–Trinajstić information content (AvgIpc) is 3.03. The number of methoxy groups -OCH3 is 1. The third-order valence-electron chi connectivity index (χ3n) is 4.05. The number of benzene rings is 1. The van der Waals surface area contributed by atoms with Crippen molar-refractivity contribution in [2.24, 2.45) is 0 Å². The third kappa shape index (κ3) is 4.54. The zero-order chi connectivity index (χ0) is 16.9. The molecule has 0 radical (unpaired) electrons. The lowest BCUT2D eigenvalue weighted by Gasteiger charge is -2.33. The van der Waals surface area contributed by atoms with Crippen LogP contribution in [0, 0.1) is 0 Å². The second kappa shape index (κ2) is 8.07. The van der Waals surface area contributed by atoms with Gasteiger partial charge in [-0.15, -0.1) is 11.3 Å². The fourth-order valence-corrected chi connectivity index (χ4v) is 3.75. The van der Waals surface area contributed by atoms with E-state index in [9.17, 15) is 0 Å². The van der Waals surface area contributed by atoms with Crippen LogP contribution in [0.5, 0.6) is 5.75 Å². The summed E-state index contributed by atoms with van der Waals surface area (Å²) in [5.41, 5.74) is 2.24. The summed E-state index contributed by atoms with van der Waals surface area (Å²) in [5.74, 6) is 0.865. The van der Waals surface area contributed by atoms with E-state index in [1.54, 1.807) is 18.4 Å². The minimum atomic E-state index is 0.283. The van der Waals surface area contributed by atoms with Crippen molar-refractivity contribution in [2.75, 3.05) is 47.4 Å². The van der Waals surface area contributed by atoms with Crippen LogP contribution >= 0.6 is 11.3 Å². The Hall–Kier alpha value is -1.47. The highest BCUT2D eigenvalue weighted by Crippen LogP contribution is 2.27. The minimum Gasteiger partial charge on any atom is -0.497 e. The Kier molecular flexibility index (Phi) is 5.84. The Morgan fingerprint density at radius 2 is 2.29 bits per heavy atom. The van der Waals surface area contributed by atoms with Crippen molar-refractivity contribution in [3.05, 3.63) is 35.3 Å². The molecule has 6 heteroatoms. The standard InChI is InChI=1S/C18H25N3O2S/c1-20(2)11-17-12-21(7-8-23-17)10-15-13-24-18(19-15)14-5-4-6-16(9-14)22-3/h4-6,9,13,17H,7-8,10-12H2,1-3H3/t17-/m1/s1. The molecule has 0 N–H and O–H groups in total. The number of ether oxygens (including phenoxy) is 2. The molecular weight excluding hydrogens is 322 g/mol. The number of aromatic nitrogens is 1. The zero-order valence-electron chi connectivity index (χ0n) is 14.6. The topological polar surface area (TPSA) is 37.8 Å². The van der Waals surface area contributed by atoms with Crippen LogP contribution in [-0.2, 0) is 11.3 Å². The first-order valence-electron chi connectivity index (χ1n) is 8.21. The average molecular weight is 347 g/mol. The molecule has 0 aliphatic carbocycles. The van der Waals surface area contributed by atoms with E-state index in [0.29, 0.717) is 0 Å². The largest absolute Gasteiger partial charge is 0.497 e. The van der Waals surface area contributed by atoms with Crippen molar-refractivity contribution in [1.82, 2.24) is 14.8 Å². The first kappa shape index (κ1) is 17.4. The van der Waals surface area contributed by atoms with Gasteiger partial charge in [-0.1, -0.05) is 12.1 Å². The second-order valence-corrected chi connectivity index (χ2v) is 7.22. The van der Waals surface area contributed by atoms with Gasteiger partial charge in [0, 0.05) is 37.1 Å². The van der Waals surface area contributed by atoms with Crippen LogP contribution in [0.15, 0.2) is 29.6 Å². The molecule has 1 atom stereocenters. The van der Waals surface area contributed by atoms with Gasteiger partial charge in [0.1, 0.15) is 10.8 Å². The van der Waals surface area contributed by atoms with Crippen LogP contribution < -0.4 is 4.74 Å². The molecule has 1 aliphatic heterocycles. The van der Waals surface area contributed by atoms with Gasteiger partial charge in [0.25, 0.3) is 0 Å². The van der Waals surface area contributed by atoms with Gasteiger partial charge in [0.05, 0.1) is 25.5 Å². The molecular formula is C18H25N3O2S. The second-order valence-electron chi connectivity index (χ2n) is 6.37. The molecule has 2 aromatic rings. The Labute approximate surface area is 147 Å². The number of hydrogen-bond donors (Lipinski definition) is 0.